The minimum absolute atomic E-state index is 0.134. The summed E-state index contributed by atoms with van der Waals surface area (Å²) in [6, 6.07) is 3.95. The fraction of sp³-hybridized carbons (Fsp3) is 0.562. The fourth-order valence-electron chi connectivity index (χ4n) is 2.05. The van der Waals surface area contributed by atoms with E-state index in [0.717, 1.165) is 6.54 Å². The van der Waals surface area contributed by atoms with Gasteiger partial charge in [-0.15, -0.1) is 0 Å². The number of nitrogens with zero attached hydrogens (tertiary/aromatic N) is 2. The number of likely N-dealkylation sites (N-methyl/N-ethyl adjacent to an activating group) is 1. The summed E-state index contributed by atoms with van der Waals surface area (Å²) in [6.07, 6.45) is 1.42. The minimum Gasteiger partial charge on any atom is -0.323 e. The quantitative estimate of drug-likeness (QED) is 0.828. The number of urea groups is 1. The number of nitrogens with one attached hydrogen (secondary N) is 1. The first-order valence-corrected chi connectivity index (χ1v) is 9.10. The maximum atomic E-state index is 13.9. The highest BCUT2D eigenvalue weighted by atomic mass is 32.2. The number of hydrogen-bond donors (Lipinski definition) is 1. The van der Waals surface area contributed by atoms with E-state index >= 15 is 0 Å². The number of halogens is 1. The van der Waals surface area contributed by atoms with Gasteiger partial charge in [0.2, 0.25) is 0 Å². The third kappa shape index (κ3) is 6.66. The van der Waals surface area contributed by atoms with Crippen molar-refractivity contribution in [3.05, 3.63) is 24.0 Å². The van der Waals surface area contributed by atoms with Crippen LogP contribution in [-0.4, -0.2) is 60.0 Å². The Balaban J connectivity index is 2.80. The van der Waals surface area contributed by atoms with E-state index in [2.05, 4.69) is 5.32 Å². The molecule has 1 atom stereocenters. The van der Waals surface area contributed by atoms with E-state index in [0.29, 0.717) is 24.7 Å². The summed E-state index contributed by atoms with van der Waals surface area (Å²) < 4.78 is 25.2. The lowest BCUT2D eigenvalue weighted by atomic mass is 10.2. The molecule has 0 unspecified atom stereocenters. The van der Waals surface area contributed by atoms with Crippen LogP contribution in [0.25, 0.3) is 0 Å². The molecule has 2 amide bonds. The van der Waals surface area contributed by atoms with E-state index in [1.54, 1.807) is 11.0 Å². The predicted molar refractivity (Wildman–Crippen MR) is 92.7 cm³/mol. The first kappa shape index (κ1) is 19.6. The molecule has 0 aliphatic rings. The summed E-state index contributed by atoms with van der Waals surface area (Å²) in [5, 5.41) is 2.71. The maximum Gasteiger partial charge on any atom is 0.321 e. The normalized spacial score (nSPS) is 12.5. The molecule has 0 heterocycles. The number of hydrogen-bond acceptors (Lipinski definition) is 3. The molecule has 1 N–H and O–H groups in total. The molecule has 0 spiro atoms. The van der Waals surface area contributed by atoms with Crippen molar-refractivity contribution in [1.29, 1.82) is 0 Å². The first-order chi connectivity index (χ1) is 10.7. The van der Waals surface area contributed by atoms with E-state index in [1.165, 1.54) is 18.4 Å². The highest BCUT2D eigenvalue weighted by molar-refractivity contribution is 7.84. The molecule has 0 bridgehead atoms. The summed E-state index contributed by atoms with van der Waals surface area (Å²) in [5.41, 5.74) is 0.361. The summed E-state index contributed by atoms with van der Waals surface area (Å²) in [5.74, 6) is -0.239. The molecule has 0 saturated heterocycles. The van der Waals surface area contributed by atoms with Crippen LogP contribution in [0.3, 0.4) is 0 Å². The molecule has 1 aromatic carbocycles. The lowest BCUT2D eigenvalue weighted by Crippen LogP contribution is -2.41. The van der Waals surface area contributed by atoms with Gasteiger partial charge in [0.25, 0.3) is 0 Å². The first-order valence-electron chi connectivity index (χ1n) is 7.54. The van der Waals surface area contributed by atoms with Gasteiger partial charge in [-0.05, 0) is 38.2 Å². The van der Waals surface area contributed by atoms with Crippen LogP contribution >= 0.6 is 0 Å². The van der Waals surface area contributed by atoms with Crippen molar-refractivity contribution >= 4 is 22.5 Å². The zero-order chi connectivity index (χ0) is 17.6. The van der Waals surface area contributed by atoms with Crippen molar-refractivity contribution in [2.75, 3.05) is 45.3 Å². The molecule has 0 radical (unpaired) electrons. The van der Waals surface area contributed by atoms with Crippen LogP contribution in [-0.2, 0) is 10.8 Å². The van der Waals surface area contributed by atoms with Crippen molar-refractivity contribution in [3.8, 4) is 0 Å². The highest BCUT2D eigenvalue weighted by Crippen LogP contribution is 2.17. The van der Waals surface area contributed by atoms with Gasteiger partial charge in [0.15, 0.2) is 0 Å². The predicted octanol–water partition coefficient (Wildman–Crippen LogP) is 2.61. The van der Waals surface area contributed by atoms with Crippen LogP contribution in [0.4, 0.5) is 14.9 Å². The second-order valence-electron chi connectivity index (χ2n) is 6.17. The maximum absolute atomic E-state index is 13.9. The average molecular weight is 343 g/mol. The lowest BCUT2D eigenvalue weighted by molar-refractivity contribution is 0.197. The minimum atomic E-state index is -1.39. The molecule has 130 valence electrons. The topological polar surface area (TPSA) is 52.6 Å². The van der Waals surface area contributed by atoms with E-state index in [1.807, 2.05) is 32.8 Å². The smallest absolute Gasteiger partial charge is 0.321 e. The molecule has 7 heteroatoms. The Labute approximate surface area is 140 Å². The summed E-state index contributed by atoms with van der Waals surface area (Å²) in [4.78, 5) is 16.3. The molecule has 1 aromatic rings. The number of benzene rings is 1. The van der Waals surface area contributed by atoms with Crippen molar-refractivity contribution in [1.82, 2.24) is 9.80 Å². The molecule has 5 nitrogen and oxygen atoms in total. The Morgan fingerprint density at radius 1 is 1.30 bits per heavy atom. The van der Waals surface area contributed by atoms with Crippen LogP contribution < -0.4 is 5.32 Å². The van der Waals surface area contributed by atoms with Crippen molar-refractivity contribution in [2.45, 2.75) is 18.7 Å². The van der Waals surface area contributed by atoms with Gasteiger partial charge in [-0.2, -0.15) is 0 Å². The van der Waals surface area contributed by atoms with Crippen LogP contribution in [0.2, 0.25) is 0 Å². The highest BCUT2D eigenvalue weighted by Gasteiger charge is 2.16. The zero-order valence-corrected chi connectivity index (χ0v) is 15.2. The van der Waals surface area contributed by atoms with Gasteiger partial charge in [-0.3, -0.25) is 4.21 Å². The monoisotopic (exact) mass is 343 g/mol. The number of carbonyl (C=O) groups is 1. The molecule has 0 saturated carbocycles. The van der Waals surface area contributed by atoms with Gasteiger partial charge >= 0.3 is 6.03 Å². The number of rotatable bonds is 7. The van der Waals surface area contributed by atoms with Crippen LogP contribution in [0.15, 0.2) is 23.1 Å². The van der Waals surface area contributed by atoms with Gasteiger partial charge in [0.05, 0.1) is 15.7 Å². The van der Waals surface area contributed by atoms with Crippen molar-refractivity contribution in [2.24, 2.45) is 5.92 Å². The van der Waals surface area contributed by atoms with E-state index in [4.69, 9.17) is 0 Å². The van der Waals surface area contributed by atoms with E-state index in [9.17, 15) is 13.4 Å². The molecular weight excluding hydrogens is 317 g/mol. The second-order valence-corrected chi connectivity index (χ2v) is 7.52. The van der Waals surface area contributed by atoms with Crippen LogP contribution in [0.5, 0.6) is 0 Å². The molecule has 23 heavy (non-hydrogen) atoms. The van der Waals surface area contributed by atoms with Crippen molar-refractivity contribution < 1.29 is 13.4 Å². The SMILES string of the molecule is CC(C)CN(CCN(C)C)C(=O)Nc1ccc([S@](C)=O)c(F)c1. The second kappa shape index (κ2) is 8.98. The number of anilines is 1. The lowest BCUT2D eigenvalue weighted by Gasteiger charge is -2.26. The van der Waals surface area contributed by atoms with Crippen molar-refractivity contribution in [3.63, 3.8) is 0 Å². The van der Waals surface area contributed by atoms with Crippen LogP contribution in [0.1, 0.15) is 13.8 Å². The van der Waals surface area contributed by atoms with E-state index < -0.39 is 16.6 Å². The molecule has 0 aromatic heterocycles. The van der Waals surface area contributed by atoms with Gasteiger partial charge in [-0.1, -0.05) is 13.8 Å². The Morgan fingerprint density at radius 2 is 1.96 bits per heavy atom. The number of amides is 2. The Morgan fingerprint density at radius 3 is 2.43 bits per heavy atom. The van der Waals surface area contributed by atoms with Gasteiger partial charge in [0, 0.05) is 31.6 Å². The Bertz CT molecular complexity index is 564. The molecule has 0 aliphatic carbocycles. The van der Waals surface area contributed by atoms with Gasteiger partial charge in [-0.25, -0.2) is 9.18 Å². The largest absolute Gasteiger partial charge is 0.323 e. The zero-order valence-electron chi connectivity index (χ0n) is 14.4. The summed E-state index contributed by atoms with van der Waals surface area (Å²) in [6.45, 7) is 6.06. The number of carbonyl (C=O) groups excluding carboxylic acids is 1. The summed E-state index contributed by atoms with van der Waals surface area (Å²) >= 11 is 0. The molecule has 1 rings (SSSR count). The van der Waals surface area contributed by atoms with Gasteiger partial charge < -0.3 is 15.1 Å². The molecular formula is C16H26FN3O2S. The third-order valence-electron chi connectivity index (χ3n) is 3.18. The van der Waals surface area contributed by atoms with E-state index in [-0.39, 0.29) is 10.9 Å². The Hall–Kier alpha value is -1.47. The Kier molecular flexibility index (Phi) is 7.64. The average Bonchev–Trinajstić information content (AvgIpc) is 2.42. The standard InChI is InChI=1S/C16H26FN3O2S/c1-12(2)11-20(9-8-19(3)4)16(21)18-13-6-7-15(23(5)22)14(17)10-13/h6-7,10,12H,8-9,11H2,1-5H3,(H,18,21)/t23-/m0/s1. The third-order valence-corrected chi connectivity index (χ3v) is 4.13. The fourth-order valence-corrected chi connectivity index (χ4v) is 2.64. The molecule has 0 aliphatic heterocycles. The molecule has 0 fully saturated rings. The summed E-state index contributed by atoms with van der Waals surface area (Å²) in [7, 11) is 2.51. The van der Waals surface area contributed by atoms with Crippen LogP contribution in [0, 0.1) is 11.7 Å². The van der Waals surface area contributed by atoms with Gasteiger partial charge in [0.1, 0.15) is 5.82 Å².